The predicted molar refractivity (Wildman–Crippen MR) is 112 cm³/mol. The Labute approximate surface area is 181 Å². The number of sulfonamides is 1. The molecule has 0 radical (unpaired) electrons. The molecule has 2 heterocycles. The van der Waals surface area contributed by atoms with Crippen LogP contribution in [0.15, 0.2) is 47.5 Å². The fourth-order valence-electron chi connectivity index (χ4n) is 3.35. The summed E-state index contributed by atoms with van der Waals surface area (Å²) in [5.41, 5.74) is 0.295. The van der Waals surface area contributed by atoms with E-state index in [2.05, 4.69) is 5.32 Å². The van der Waals surface area contributed by atoms with Gasteiger partial charge in [0.05, 0.1) is 10.5 Å². The molecular formula is C21H25N3O6S. The van der Waals surface area contributed by atoms with Crippen molar-refractivity contribution in [3.8, 4) is 0 Å². The molecule has 31 heavy (non-hydrogen) atoms. The molecule has 0 unspecified atom stereocenters. The van der Waals surface area contributed by atoms with Gasteiger partial charge in [0, 0.05) is 26.3 Å². The number of imide groups is 1. The van der Waals surface area contributed by atoms with E-state index < -0.39 is 34.4 Å². The molecule has 1 aromatic heterocycles. The van der Waals surface area contributed by atoms with Gasteiger partial charge in [-0.3, -0.25) is 14.9 Å². The first-order chi connectivity index (χ1) is 14.8. The lowest BCUT2D eigenvalue weighted by molar-refractivity contribution is -0.123. The van der Waals surface area contributed by atoms with Crippen molar-refractivity contribution in [3.05, 3.63) is 53.9 Å². The summed E-state index contributed by atoms with van der Waals surface area (Å²) in [6, 6.07) is 8.76. The van der Waals surface area contributed by atoms with E-state index in [0.29, 0.717) is 13.1 Å². The molecule has 1 aliphatic heterocycles. The van der Waals surface area contributed by atoms with Crippen molar-refractivity contribution < 1.29 is 27.5 Å². The Hall–Kier alpha value is -2.98. The van der Waals surface area contributed by atoms with Gasteiger partial charge in [0.25, 0.3) is 11.8 Å². The first-order valence-electron chi connectivity index (χ1n) is 10.0. The lowest BCUT2D eigenvalue weighted by Gasteiger charge is -2.20. The van der Waals surface area contributed by atoms with Gasteiger partial charge in [-0.05, 0) is 43.2 Å². The van der Waals surface area contributed by atoms with Crippen LogP contribution in [0.1, 0.15) is 46.5 Å². The third kappa shape index (κ3) is 5.59. The van der Waals surface area contributed by atoms with Gasteiger partial charge in [0.1, 0.15) is 5.69 Å². The van der Waals surface area contributed by atoms with Crippen LogP contribution in [-0.4, -0.2) is 54.8 Å². The first kappa shape index (κ1) is 22.7. The summed E-state index contributed by atoms with van der Waals surface area (Å²) in [6.45, 7) is 0.233. The van der Waals surface area contributed by atoms with Crippen molar-refractivity contribution in [2.45, 2.75) is 30.6 Å². The summed E-state index contributed by atoms with van der Waals surface area (Å²) in [5, 5.41) is 2.14. The predicted octanol–water partition coefficient (Wildman–Crippen LogP) is 1.70. The normalized spacial score (nSPS) is 15.1. The van der Waals surface area contributed by atoms with Gasteiger partial charge >= 0.3 is 5.97 Å². The zero-order valence-electron chi connectivity index (χ0n) is 17.2. The van der Waals surface area contributed by atoms with Gasteiger partial charge in [-0.1, -0.05) is 18.9 Å². The minimum atomic E-state index is -3.72. The number of ether oxygens (including phenoxy) is 1. The molecule has 1 N–H and O–H groups in total. The van der Waals surface area contributed by atoms with E-state index >= 15 is 0 Å². The van der Waals surface area contributed by atoms with Crippen molar-refractivity contribution in [2.24, 2.45) is 7.05 Å². The standard InChI is InChI=1S/C21H25N3O6S/c1-23-11-7-10-18(23)20(26)22-19(25)15-30-21(27)16-8-6-9-17(14-16)31(28,29)24-12-4-2-3-5-13-24/h6-11,14H,2-5,12-13,15H2,1H3,(H,22,25,26). The minimum Gasteiger partial charge on any atom is -0.452 e. The van der Waals surface area contributed by atoms with E-state index in [-0.39, 0.29) is 16.2 Å². The fourth-order valence-corrected chi connectivity index (χ4v) is 4.92. The minimum absolute atomic E-state index is 0.00665. The highest BCUT2D eigenvalue weighted by Gasteiger charge is 2.26. The van der Waals surface area contributed by atoms with Crippen LogP contribution in [0.2, 0.25) is 0 Å². The molecule has 1 saturated heterocycles. The Morgan fingerprint density at radius 3 is 2.39 bits per heavy atom. The number of esters is 1. The van der Waals surface area contributed by atoms with Gasteiger partial charge in [-0.2, -0.15) is 4.31 Å². The average molecular weight is 448 g/mol. The summed E-state index contributed by atoms with van der Waals surface area (Å²) in [6.07, 6.45) is 5.25. The third-order valence-corrected chi connectivity index (χ3v) is 6.93. The molecule has 0 bridgehead atoms. The highest BCUT2D eigenvalue weighted by molar-refractivity contribution is 7.89. The van der Waals surface area contributed by atoms with Crippen molar-refractivity contribution in [1.29, 1.82) is 0 Å². The number of hydrogen-bond donors (Lipinski definition) is 1. The molecule has 1 aromatic carbocycles. The van der Waals surface area contributed by atoms with Crippen LogP contribution < -0.4 is 5.32 Å². The summed E-state index contributed by atoms with van der Waals surface area (Å²) < 4.78 is 33.8. The van der Waals surface area contributed by atoms with Crippen LogP contribution in [0.4, 0.5) is 0 Å². The van der Waals surface area contributed by atoms with E-state index in [4.69, 9.17) is 4.74 Å². The monoisotopic (exact) mass is 447 g/mol. The van der Waals surface area contributed by atoms with E-state index in [1.807, 2.05) is 0 Å². The maximum Gasteiger partial charge on any atom is 0.338 e. The maximum atomic E-state index is 12.9. The summed E-state index contributed by atoms with van der Waals surface area (Å²) in [7, 11) is -2.06. The fraction of sp³-hybridized carbons (Fsp3) is 0.381. The molecule has 2 aromatic rings. The van der Waals surface area contributed by atoms with E-state index in [0.717, 1.165) is 25.7 Å². The number of nitrogens with zero attached hydrogens (tertiary/aromatic N) is 2. The van der Waals surface area contributed by atoms with Crippen LogP contribution in [-0.2, 0) is 26.6 Å². The maximum absolute atomic E-state index is 12.9. The second-order valence-corrected chi connectivity index (χ2v) is 9.24. The van der Waals surface area contributed by atoms with Crippen LogP contribution in [0.3, 0.4) is 0 Å². The summed E-state index contributed by atoms with van der Waals surface area (Å²) >= 11 is 0. The zero-order valence-corrected chi connectivity index (χ0v) is 18.1. The molecule has 166 valence electrons. The second kappa shape index (κ2) is 9.88. The number of nitrogens with one attached hydrogen (secondary N) is 1. The number of aromatic nitrogens is 1. The topological polar surface area (TPSA) is 115 Å². The van der Waals surface area contributed by atoms with Crippen LogP contribution in [0.25, 0.3) is 0 Å². The number of carbonyl (C=O) groups excluding carboxylic acids is 3. The quantitative estimate of drug-likeness (QED) is 0.674. The largest absolute Gasteiger partial charge is 0.452 e. The molecule has 10 heteroatoms. The number of carbonyl (C=O) groups is 3. The Morgan fingerprint density at radius 1 is 1.03 bits per heavy atom. The Kier molecular flexibility index (Phi) is 7.24. The molecule has 0 aliphatic carbocycles. The Morgan fingerprint density at radius 2 is 1.74 bits per heavy atom. The highest BCUT2D eigenvalue weighted by Crippen LogP contribution is 2.21. The van der Waals surface area contributed by atoms with Gasteiger partial charge in [-0.25, -0.2) is 13.2 Å². The molecule has 3 rings (SSSR count). The smallest absolute Gasteiger partial charge is 0.338 e. The SMILES string of the molecule is Cn1cccc1C(=O)NC(=O)COC(=O)c1cccc(S(=O)(=O)N2CCCCCC2)c1. The Bertz CT molecular complexity index is 1070. The van der Waals surface area contributed by atoms with Crippen LogP contribution >= 0.6 is 0 Å². The molecular weight excluding hydrogens is 422 g/mol. The van der Waals surface area contributed by atoms with E-state index in [1.54, 1.807) is 29.9 Å². The third-order valence-electron chi connectivity index (χ3n) is 5.04. The lowest BCUT2D eigenvalue weighted by atomic mass is 10.2. The molecule has 0 spiro atoms. The Balaban J connectivity index is 1.61. The number of aryl methyl sites for hydroxylation is 1. The number of amides is 2. The second-order valence-electron chi connectivity index (χ2n) is 7.30. The molecule has 1 fully saturated rings. The van der Waals surface area contributed by atoms with Crippen molar-refractivity contribution >= 4 is 27.8 Å². The summed E-state index contributed by atoms with van der Waals surface area (Å²) in [5.74, 6) is -2.25. The van der Waals surface area contributed by atoms with Crippen molar-refractivity contribution in [1.82, 2.24) is 14.2 Å². The van der Waals surface area contributed by atoms with Gasteiger partial charge < -0.3 is 9.30 Å². The lowest BCUT2D eigenvalue weighted by Crippen LogP contribution is -2.35. The number of hydrogen-bond acceptors (Lipinski definition) is 6. The average Bonchev–Trinajstić information content (AvgIpc) is 3.00. The van der Waals surface area contributed by atoms with E-state index in [9.17, 15) is 22.8 Å². The highest BCUT2D eigenvalue weighted by atomic mass is 32.2. The number of rotatable bonds is 6. The molecule has 2 amide bonds. The zero-order chi connectivity index (χ0) is 22.4. The van der Waals surface area contributed by atoms with Crippen molar-refractivity contribution in [2.75, 3.05) is 19.7 Å². The van der Waals surface area contributed by atoms with Crippen LogP contribution in [0, 0.1) is 0 Å². The molecule has 1 aliphatic rings. The molecule has 0 atom stereocenters. The van der Waals surface area contributed by atoms with Crippen molar-refractivity contribution in [3.63, 3.8) is 0 Å². The number of benzene rings is 1. The van der Waals surface area contributed by atoms with Gasteiger partial charge in [-0.15, -0.1) is 0 Å². The molecule has 0 saturated carbocycles. The summed E-state index contributed by atoms with van der Waals surface area (Å²) in [4.78, 5) is 36.3. The van der Waals surface area contributed by atoms with Gasteiger partial charge in [0.15, 0.2) is 6.61 Å². The van der Waals surface area contributed by atoms with Crippen LogP contribution in [0.5, 0.6) is 0 Å². The first-order valence-corrected chi connectivity index (χ1v) is 11.5. The van der Waals surface area contributed by atoms with Gasteiger partial charge in [0.2, 0.25) is 10.0 Å². The molecule has 9 nitrogen and oxygen atoms in total. The van der Waals surface area contributed by atoms with E-state index in [1.165, 1.54) is 28.6 Å².